The molecule has 0 spiro atoms. The van der Waals surface area contributed by atoms with E-state index in [0.717, 1.165) is 12.8 Å². The average Bonchev–Trinajstić information content (AvgIpc) is 2.55. The van der Waals surface area contributed by atoms with E-state index in [2.05, 4.69) is 33.8 Å². The van der Waals surface area contributed by atoms with Crippen LogP contribution in [0.5, 0.6) is 0 Å². The van der Waals surface area contributed by atoms with Crippen LogP contribution in [0, 0.1) is 13.8 Å². The summed E-state index contributed by atoms with van der Waals surface area (Å²) in [5.41, 5.74) is 7.64. The minimum Gasteiger partial charge on any atom is -0.332 e. The van der Waals surface area contributed by atoms with Crippen LogP contribution >= 0.6 is 11.3 Å². The third-order valence-electron chi connectivity index (χ3n) is 3.88. The lowest BCUT2D eigenvalue weighted by Gasteiger charge is -2.37. The standard InChI is InChI=1S/C15H24N2OS/c1-9(2)17-14(18)7-5-6-13(16)15(17)12-8-10(3)19-11(12)4/h8-9,13,15H,5-7,16H2,1-4H3. The third-order valence-corrected chi connectivity index (χ3v) is 4.86. The number of carbonyl (C=O) groups excluding carboxylic acids is 1. The predicted molar refractivity (Wildman–Crippen MR) is 80.3 cm³/mol. The van der Waals surface area contributed by atoms with Crippen LogP contribution in [0.1, 0.15) is 54.5 Å². The van der Waals surface area contributed by atoms with E-state index in [1.54, 1.807) is 11.3 Å². The first-order chi connectivity index (χ1) is 8.91. The summed E-state index contributed by atoms with van der Waals surface area (Å²) < 4.78 is 0. The molecule has 1 fully saturated rings. The smallest absolute Gasteiger partial charge is 0.223 e. The second-order valence-electron chi connectivity index (χ2n) is 5.76. The molecule has 0 aliphatic carbocycles. The molecular formula is C15H24N2OS. The number of carbonyl (C=O) groups is 1. The van der Waals surface area contributed by atoms with Crippen molar-refractivity contribution in [2.45, 2.75) is 65.1 Å². The SMILES string of the molecule is Cc1cc(C2C(N)CCCC(=O)N2C(C)C)c(C)s1. The van der Waals surface area contributed by atoms with Crippen LogP contribution in [0.4, 0.5) is 0 Å². The maximum absolute atomic E-state index is 12.4. The van der Waals surface area contributed by atoms with Crippen LogP contribution in [0.2, 0.25) is 0 Å². The number of hydrogen-bond acceptors (Lipinski definition) is 3. The number of rotatable bonds is 2. The fourth-order valence-electron chi connectivity index (χ4n) is 3.07. The van der Waals surface area contributed by atoms with Crippen molar-refractivity contribution in [3.05, 3.63) is 21.4 Å². The zero-order valence-electron chi connectivity index (χ0n) is 12.3. The van der Waals surface area contributed by atoms with Crippen molar-refractivity contribution in [3.8, 4) is 0 Å². The van der Waals surface area contributed by atoms with Gasteiger partial charge < -0.3 is 10.6 Å². The minimum absolute atomic E-state index is 0.0416. The Morgan fingerprint density at radius 2 is 2.11 bits per heavy atom. The van der Waals surface area contributed by atoms with E-state index in [1.165, 1.54) is 15.3 Å². The molecule has 1 aromatic rings. The third kappa shape index (κ3) is 2.84. The Morgan fingerprint density at radius 1 is 1.42 bits per heavy atom. The van der Waals surface area contributed by atoms with Gasteiger partial charge in [-0.1, -0.05) is 0 Å². The van der Waals surface area contributed by atoms with Crippen molar-refractivity contribution in [1.82, 2.24) is 4.90 Å². The molecule has 0 radical (unpaired) electrons. The topological polar surface area (TPSA) is 46.3 Å². The molecule has 4 heteroatoms. The fourth-order valence-corrected chi connectivity index (χ4v) is 4.04. The highest BCUT2D eigenvalue weighted by atomic mass is 32.1. The van der Waals surface area contributed by atoms with Gasteiger partial charge in [0.2, 0.25) is 5.91 Å². The Balaban J connectivity index is 2.46. The number of nitrogens with zero attached hydrogens (tertiary/aromatic N) is 1. The highest BCUT2D eigenvalue weighted by Gasteiger charge is 2.35. The number of hydrogen-bond donors (Lipinski definition) is 1. The quantitative estimate of drug-likeness (QED) is 0.904. The summed E-state index contributed by atoms with van der Waals surface area (Å²) in [6.07, 6.45) is 2.46. The fraction of sp³-hybridized carbons (Fsp3) is 0.667. The first-order valence-corrected chi connectivity index (χ1v) is 7.87. The molecule has 0 aromatic carbocycles. The van der Waals surface area contributed by atoms with Gasteiger partial charge in [0.25, 0.3) is 0 Å². The van der Waals surface area contributed by atoms with Gasteiger partial charge in [0, 0.05) is 28.3 Å². The van der Waals surface area contributed by atoms with Crippen molar-refractivity contribution in [3.63, 3.8) is 0 Å². The molecule has 1 aromatic heterocycles. The Kier molecular flexibility index (Phi) is 4.31. The first-order valence-electron chi connectivity index (χ1n) is 7.05. The second kappa shape index (κ2) is 5.63. The predicted octanol–water partition coefficient (Wildman–Crippen LogP) is 3.15. The zero-order valence-corrected chi connectivity index (χ0v) is 13.1. The summed E-state index contributed by atoms with van der Waals surface area (Å²) in [5, 5.41) is 0. The van der Waals surface area contributed by atoms with Crippen molar-refractivity contribution >= 4 is 17.2 Å². The van der Waals surface area contributed by atoms with Crippen molar-refractivity contribution < 1.29 is 4.79 Å². The van der Waals surface area contributed by atoms with Gasteiger partial charge in [-0.25, -0.2) is 0 Å². The number of likely N-dealkylation sites (tertiary alicyclic amines) is 1. The highest BCUT2D eigenvalue weighted by molar-refractivity contribution is 7.12. The highest BCUT2D eigenvalue weighted by Crippen LogP contribution is 2.36. The summed E-state index contributed by atoms with van der Waals surface area (Å²) >= 11 is 1.79. The zero-order chi connectivity index (χ0) is 14.2. The van der Waals surface area contributed by atoms with E-state index in [-0.39, 0.29) is 24.0 Å². The summed E-state index contributed by atoms with van der Waals surface area (Å²) in [5.74, 6) is 0.246. The maximum atomic E-state index is 12.4. The molecule has 0 bridgehead atoms. The first kappa shape index (κ1) is 14.5. The molecule has 19 heavy (non-hydrogen) atoms. The summed E-state index contributed by atoms with van der Waals surface area (Å²) in [6, 6.07) is 2.49. The molecule has 2 unspecified atom stereocenters. The molecule has 2 N–H and O–H groups in total. The van der Waals surface area contributed by atoms with Gasteiger partial charge >= 0.3 is 0 Å². The van der Waals surface area contributed by atoms with Crippen LogP contribution < -0.4 is 5.73 Å². The monoisotopic (exact) mass is 280 g/mol. The lowest BCUT2D eigenvalue weighted by molar-refractivity contribution is -0.135. The van der Waals surface area contributed by atoms with E-state index >= 15 is 0 Å². The van der Waals surface area contributed by atoms with Crippen molar-refractivity contribution in [2.75, 3.05) is 0 Å². The average molecular weight is 280 g/mol. The van der Waals surface area contributed by atoms with Crippen LogP contribution in [-0.2, 0) is 4.79 Å². The molecule has 0 saturated carbocycles. The van der Waals surface area contributed by atoms with Gasteiger partial charge in [-0.2, -0.15) is 0 Å². The largest absolute Gasteiger partial charge is 0.332 e. The number of aryl methyl sites for hydroxylation is 2. The number of nitrogens with two attached hydrogens (primary N) is 1. The van der Waals surface area contributed by atoms with Crippen LogP contribution in [0.25, 0.3) is 0 Å². The molecule has 2 atom stereocenters. The second-order valence-corrected chi connectivity index (χ2v) is 7.22. The Morgan fingerprint density at radius 3 is 2.63 bits per heavy atom. The van der Waals surface area contributed by atoms with Crippen molar-refractivity contribution in [1.29, 1.82) is 0 Å². The maximum Gasteiger partial charge on any atom is 0.223 e. The molecule has 1 saturated heterocycles. The Bertz CT molecular complexity index is 467. The molecule has 1 amide bonds. The molecule has 3 nitrogen and oxygen atoms in total. The van der Waals surface area contributed by atoms with Crippen LogP contribution in [0.15, 0.2) is 6.07 Å². The Hall–Kier alpha value is -0.870. The van der Waals surface area contributed by atoms with Gasteiger partial charge in [-0.05, 0) is 52.2 Å². The van der Waals surface area contributed by atoms with E-state index in [0.29, 0.717) is 6.42 Å². The molecule has 1 aliphatic heterocycles. The molecular weight excluding hydrogens is 256 g/mol. The number of amides is 1. The van der Waals surface area contributed by atoms with Gasteiger partial charge in [0.15, 0.2) is 0 Å². The lowest BCUT2D eigenvalue weighted by atomic mass is 9.95. The van der Waals surface area contributed by atoms with E-state index < -0.39 is 0 Å². The molecule has 2 heterocycles. The molecule has 1 aliphatic rings. The van der Waals surface area contributed by atoms with E-state index in [1.807, 2.05) is 4.90 Å². The van der Waals surface area contributed by atoms with Crippen LogP contribution in [0.3, 0.4) is 0 Å². The van der Waals surface area contributed by atoms with E-state index in [9.17, 15) is 4.79 Å². The van der Waals surface area contributed by atoms with Crippen LogP contribution in [-0.4, -0.2) is 22.9 Å². The molecule has 106 valence electrons. The lowest BCUT2D eigenvalue weighted by Crippen LogP contribution is -2.45. The molecule has 2 rings (SSSR count). The van der Waals surface area contributed by atoms with Gasteiger partial charge in [0.1, 0.15) is 0 Å². The summed E-state index contributed by atoms with van der Waals surface area (Å²) in [4.78, 5) is 17.0. The van der Waals surface area contributed by atoms with Gasteiger partial charge in [-0.15, -0.1) is 11.3 Å². The minimum atomic E-state index is 0.0416. The number of thiophene rings is 1. The summed E-state index contributed by atoms with van der Waals surface area (Å²) in [6.45, 7) is 8.41. The normalized spacial score (nSPS) is 24.9. The summed E-state index contributed by atoms with van der Waals surface area (Å²) in [7, 11) is 0. The van der Waals surface area contributed by atoms with E-state index in [4.69, 9.17) is 5.73 Å². The van der Waals surface area contributed by atoms with Gasteiger partial charge in [-0.3, -0.25) is 4.79 Å². The van der Waals surface area contributed by atoms with Crippen molar-refractivity contribution in [2.24, 2.45) is 5.73 Å². The Labute approximate surface area is 119 Å². The van der Waals surface area contributed by atoms with Gasteiger partial charge in [0.05, 0.1) is 6.04 Å².